The van der Waals surface area contributed by atoms with E-state index >= 15 is 0 Å². The van der Waals surface area contributed by atoms with Crippen molar-refractivity contribution in [2.24, 2.45) is 0 Å². The Bertz CT molecular complexity index is 869. The fraction of sp³-hybridized carbons (Fsp3) is 0.316. The molecule has 2 heterocycles. The minimum atomic E-state index is -0.0137. The van der Waals surface area contributed by atoms with Crippen LogP contribution in [0.4, 0.5) is 17.6 Å². The highest BCUT2D eigenvalue weighted by molar-refractivity contribution is 6.32. The smallest absolute Gasteiger partial charge is 0.225 e. The molecular formula is C19H23ClN6. The van der Waals surface area contributed by atoms with Crippen LogP contribution in [-0.4, -0.2) is 20.2 Å². The van der Waals surface area contributed by atoms with Crippen molar-refractivity contribution in [1.82, 2.24) is 20.2 Å². The lowest BCUT2D eigenvalue weighted by Crippen LogP contribution is -2.11. The van der Waals surface area contributed by atoms with Crippen LogP contribution in [0.25, 0.3) is 0 Å². The van der Waals surface area contributed by atoms with Crippen LogP contribution < -0.4 is 10.6 Å². The molecule has 0 spiro atoms. The number of aromatic nitrogens is 4. The van der Waals surface area contributed by atoms with E-state index in [9.17, 15) is 0 Å². The lowest BCUT2D eigenvalue weighted by Gasteiger charge is -2.15. The molecule has 26 heavy (non-hydrogen) atoms. The fourth-order valence-corrected chi connectivity index (χ4v) is 2.57. The van der Waals surface area contributed by atoms with Crippen LogP contribution in [0.1, 0.15) is 45.0 Å². The van der Waals surface area contributed by atoms with E-state index in [2.05, 4.69) is 70.6 Å². The molecule has 3 aromatic rings. The van der Waals surface area contributed by atoms with Crippen molar-refractivity contribution in [2.45, 2.75) is 39.2 Å². The molecule has 136 valence electrons. The lowest BCUT2D eigenvalue weighted by molar-refractivity contribution is 0.567. The Balaban J connectivity index is 1.76. The first-order valence-electron chi connectivity index (χ1n) is 8.50. The van der Waals surface area contributed by atoms with Gasteiger partial charge in [0, 0.05) is 17.2 Å². The largest absolute Gasteiger partial charge is 0.348 e. The highest BCUT2D eigenvalue weighted by Crippen LogP contribution is 2.27. The standard InChI is InChI=1S/C19H23ClN6/c1-12(13-8-6-5-7-9-13)22-18-21-11-14(20)17(24-18)23-16-10-15(25-26-16)19(2,3)4/h5-12H,1-4H3,(H3,21,22,23,24,25,26). The molecule has 7 heteroatoms. The zero-order chi connectivity index (χ0) is 18.7. The van der Waals surface area contributed by atoms with Crippen molar-refractivity contribution in [2.75, 3.05) is 10.6 Å². The van der Waals surface area contributed by atoms with Crippen molar-refractivity contribution < 1.29 is 0 Å². The average molecular weight is 371 g/mol. The summed E-state index contributed by atoms with van der Waals surface area (Å²) in [4.78, 5) is 8.75. The van der Waals surface area contributed by atoms with Gasteiger partial charge in [0.25, 0.3) is 0 Å². The molecule has 1 aromatic carbocycles. The maximum Gasteiger partial charge on any atom is 0.225 e. The van der Waals surface area contributed by atoms with Gasteiger partial charge < -0.3 is 10.6 Å². The zero-order valence-electron chi connectivity index (χ0n) is 15.3. The second kappa shape index (κ2) is 7.33. The van der Waals surface area contributed by atoms with Gasteiger partial charge in [-0.3, -0.25) is 5.10 Å². The third kappa shape index (κ3) is 4.32. The Labute approximate surface area is 158 Å². The first-order valence-corrected chi connectivity index (χ1v) is 8.87. The molecule has 0 aliphatic carbocycles. The normalized spacial score (nSPS) is 12.7. The van der Waals surface area contributed by atoms with E-state index in [0.29, 0.717) is 22.6 Å². The molecule has 0 radical (unpaired) electrons. The summed E-state index contributed by atoms with van der Waals surface area (Å²) in [5, 5.41) is 14.2. The lowest BCUT2D eigenvalue weighted by atomic mass is 9.92. The van der Waals surface area contributed by atoms with Crippen molar-refractivity contribution >= 4 is 29.2 Å². The van der Waals surface area contributed by atoms with Gasteiger partial charge in [0.15, 0.2) is 11.6 Å². The van der Waals surface area contributed by atoms with Crippen molar-refractivity contribution in [1.29, 1.82) is 0 Å². The molecule has 0 fully saturated rings. The summed E-state index contributed by atoms with van der Waals surface area (Å²) in [6.07, 6.45) is 1.58. The monoisotopic (exact) mass is 370 g/mol. The van der Waals surface area contributed by atoms with E-state index < -0.39 is 0 Å². The van der Waals surface area contributed by atoms with E-state index in [1.54, 1.807) is 6.20 Å². The van der Waals surface area contributed by atoms with Gasteiger partial charge >= 0.3 is 0 Å². The number of benzene rings is 1. The molecule has 1 unspecified atom stereocenters. The Hall–Kier alpha value is -2.60. The van der Waals surface area contributed by atoms with E-state index in [1.807, 2.05) is 24.3 Å². The summed E-state index contributed by atoms with van der Waals surface area (Å²) in [6.45, 7) is 8.42. The first-order chi connectivity index (χ1) is 12.3. The number of rotatable bonds is 5. The Kier molecular flexibility index (Phi) is 5.13. The van der Waals surface area contributed by atoms with Crippen LogP contribution in [0.2, 0.25) is 5.02 Å². The van der Waals surface area contributed by atoms with Gasteiger partial charge in [0.1, 0.15) is 5.02 Å². The number of aromatic amines is 1. The van der Waals surface area contributed by atoms with Crippen LogP contribution in [0.5, 0.6) is 0 Å². The number of H-pyrrole nitrogens is 1. The molecule has 0 bridgehead atoms. The summed E-state index contributed by atoms with van der Waals surface area (Å²) in [6, 6.07) is 12.2. The van der Waals surface area contributed by atoms with E-state index in [0.717, 1.165) is 11.3 Å². The Morgan fingerprint density at radius 1 is 1.15 bits per heavy atom. The highest BCUT2D eigenvalue weighted by Gasteiger charge is 2.17. The van der Waals surface area contributed by atoms with E-state index in [4.69, 9.17) is 11.6 Å². The summed E-state index contributed by atoms with van der Waals surface area (Å²) >= 11 is 6.24. The molecule has 1 atom stereocenters. The van der Waals surface area contributed by atoms with Gasteiger partial charge in [-0.05, 0) is 12.5 Å². The molecule has 0 saturated carbocycles. The first kappa shape index (κ1) is 18.2. The summed E-state index contributed by atoms with van der Waals surface area (Å²) in [5.41, 5.74) is 2.17. The zero-order valence-corrected chi connectivity index (χ0v) is 16.1. The average Bonchev–Trinajstić information content (AvgIpc) is 3.07. The predicted octanol–water partition coefficient (Wildman–Crippen LogP) is 5.07. The number of hydrogen-bond acceptors (Lipinski definition) is 5. The molecule has 0 aliphatic heterocycles. The fourth-order valence-electron chi connectivity index (χ4n) is 2.43. The molecule has 2 aromatic heterocycles. The number of halogens is 1. The third-order valence-corrected chi connectivity index (χ3v) is 4.30. The van der Waals surface area contributed by atoms with E-state index in [1.165, 1.54) is 0 Å². The SMILES string of the molecule is CC(Nc1ncc(Cl)c(Nc2cc(C(C)(C)C)[nH]n2)n1)c1ccccc1. The number of hydrogen-bond donors (Lipinski definition) is 3. The molecule has 3 N–H and O–H groups in total. The summed E-state index contributed by atoms with van der Waals surface area (Å²) in [5.74, 6) is 1.67. The van der Waals surface area contributed by atoms with Crippen LogP contribution in [0.3, 0.4) is 0 Å². The van der Waals surface area contributed by atoms with E-state index in [-0.39, 0.29) is 11.5 Å². The molecule has 3 rings (SSSR count). The van der Waals surface area contributed by atoms with Gasteiger partial charge in [-0.2, -0.15) is 10.1 Å². The highest BCUT2D eigenvalue weighted by atomic mass is 35.5. The van der Waals surface area contributed by atoms with Gasteiger partial charge in [-0.25, -0.2) is 4.98 Å². The van der Waals surface area contributed by atoms with Gasteiger partial charge in [-0.15, -0.1) is 0 Å². The van der Waals surface area contributed by atoms with Crippen molar-refractivity contribution in [3.63, 3.8) is 0 Å². The minimum Gasteiger partial charge on any atom is -0.348 e. The summed E-state index contributed by atoms with van der Waals surface area (Å²) < 4.78 is 0. The van der Waals surface area contributed by atoms with Crippen LogP contribution in [-0.2, 0) is 5.41 Å². The minimum absolute atomic E-state index is 0.0137. The van der Waals surface area contributed by atoms with Crippen LogP contribution in [0.15, 0.2) is 42.6 Å². The molecule has 6 nitrogen and oxygen atoms in total. The summed E-state index contributed by atoms with van der Waals surface area (Å²) in [7, 11) is 0. The van der Waals surface area contributed by atoms with Crippen molar-refractivity contribution in [3.8, 4) is 0 Å². The van der Waals surface area contributed by atoms with Gasteiger partial charge in [-0.1, -0.05) is 62.7 Å². The predicted molar refractivity (Wildman–Crippen MR) is 106 cm³/mol. The Morgan fingerprint density at radius 2 is 1.88 bits per heavy atom. The quantitative estimate of drug-likeness (QED) is 0.584. The number of nitrogens with one attached hydrogen (secondary N) is 3. The number of anilines is 3. The van der Waals surface area contributed by atoms with Crippen molar-refractivity contribution in [3.05, 3.63) is 58.9 Å². The maximum atomic E-state index is 6.24. The number of nitrogens with zero attached hydrogens (tertiary/aromatic N) is 3. The van der Waals surface area contributed by atoms with Crippen LogP contribution in [0, 0.1) is 0 Å². The third-order valence-electron chi connectivity index (χ3n) is 4.02. The second-order valence-corrected chi connectivity index (χ2v) is 7.62. The second-order valence-electron chi connectivity index (χ2n) is 7.21. The van der Waals surface area contributed by atoms with Crippen LogP contribution >= 0.6 is 11.6 Å². The topological polar surface area (TPSA) is 78.5 Å². The molecule has 0 aliphatic rings. The Morgan fingerprint density at radius 3 is 2.54 bits per heavy atom. The van der Waals surface area contributed by atoms with Gasteiger partial charge in [0.2, 0.25) is 5.95 Å². The van der Waals surface area contributed by atoms with Gasteiger partial charge in [0.05, 0.1) is 12.2 Å². The molecule has 0 saturated heterocycles. The molecular weight excluding hydrogens is 348 g/mol. The maximum absolute atomic E-state index is 6.24. The molecule has 0 amide bonds.